The summed E-state index contributed by atoms with van der Waals surface area (Å²) in [4.78, 5) is 0. The summed E-state index contributed by atoms with van der Waals surface area (Å²) in [6.45, 7) is 0. The van der Waals surface area contributed by atoms with Gasteiger partial charge in [0, 0.05) is 10.5 Å². The van der Waals surface area contributed by atoms with Crippen LogP contribution in [-0.4, -0.2) is 17.2 Å². The first-order chi connectivity index (χ1) is 7.70. The van der Waals surface area contributed by atoms with E-state index < -0.39 is 7.12 Å². The van der Waals surface area contributed by atoms with Gasteiger partial charge in [0.2, 0.25) is 0 Å². The maximum atomic E-state index is 9.15. The van der Waals surface area contributed by atoms with E-state index in [0.29, 0.717) is 10.5 Å². The highest BCUT2D eigenvalue weighted by Gasteiger charge is 2.17. The number of rotatable bonds is 2. The fourth-order valence-corrected chi connectivity index (χ4v) is 1.92. The van der Waals surface area contributed by atoms with Crippen LogP contribution in [0.1, 0.15) is 0 Å². The number of benzene rings is 2. The molecule has 16 heavy (non-hydrogen) atoms. The monoisotopic (exact) mass is 232 g/mol. The predicted molar refractivity (Wildman–Crippen MR) is 66.7 cm³/mol. The van der Waals surface area contributed by atoms with Crippen molar-refractivity contribution in [3.05, 3.63) is 53.6 Å². The molecule has 2 aromatic carbocycles. The van der Waals surface area contributed by atoms with Crippen LogP contribution < -0.4 is 5.46 Å². The van der Waals surface area contributed by atoms with E-state index in [-0.39, 0.29) is 0 Å². The molecule has 0 bridgehead atoms. The van der Waals surface area contributed by atoms with Crippen LogP contribution in [0.2, 0.25) is 5.02 Å². The van der Waals surface area contributed by atoms with Crippen LogP contribution in [0, 0.1) is 0 Å². The highest BCUT2D eigenvalue weighted by atomic mass is 35.5. The summed E-state index contributed by atoms with van der Waals surface area (Å²) >= 11 is 6.12. The lowest BCUT2D eigenvalue weighted by atomic mass is 9.79. The van der Waals surface area contributed by atoms with Gasteiger partial charge in [0.25, 0.3) is 0 Å². The van der Waals surface area contributed by atoms with Crippen molar-refractivity contribution in [1.82, 2.24) is 0 Å². The Hall–Kier alpha value is -1.29. The molecule has 2 nitrogen and oxygen atoms in total. The average Bonchev–Trinajstić information content (AvgIpc) is 2.30. The SMILES string of the molecule is OB(O)c1cccc(-c2ccccc2)c1Cl. The third-order valence-electron chi connectivity index (χ3n) is 2.39. The number of hydrogen-bond donors (Lipinski definition) is 2. The fraction of sp³-hybridized carbons (Fsp3) is 0. The molecule has 0 saturated carbocycles. The first kappa shape index (κ1) is 11.2. The molecule has 0 radical (unpaired) electrons. The molecule has 0 heterocycles. The molecule has 80 valence electrons. The molecule has 2 N–H and O–H groups in total. The van der Waals surface area contributed by atoms with Gasteiger partial charge in [0.05, 0.1) is 0 Å². The Morgan fingerprint density at radius 2 is 1.56 bits per heavy atom. The van der Waals surface area contributed by atoms with Crippen LogP contribution in [0.3, 0.4) is 0 Å². The van der Waals surface area contributed by atoms with Gasteiger partial charge >= 0.3 is 7.12 Å². The molecule has 0 aromatic heterocycles. The lowest BCUT2D eigenvalue weighted by Crippen LogP contribution is -2.30. The Balaban J connectivity index is 2.55. The van der Waals surface area contributed by atoms with Crippen molar-refractivity contribution in [2.45, 2.75) is 0 Å². The quantitative estimate of drug-likeness (QED) is 0.774. The molecular formula is C12H10BClO2. The zero-order chi connectivity index (χ0) is 11.5. The summed E-state index contributed by atoms with van der Waals surface area (Å²) in [6, 6.07) is 14.8. The molecule has 0 aliphatic heterocycles. The molecule has 0 unspecified atom stereocenters. The van der Waals surface area contributed by atoms with Crippen LogP contribution in [0.4, 0.5) is 0 Å². The summed E-state index contributed by atoms with van der Waals surface area (Å²) in [6.07, 6.45) is 0. The normalized spacial score (nSPS) is 10.2. The minimum absolute atomic E-state index is 0.322. The van der Waals surface area contributed by atoms with Crippen molar-refractivity contribution in [1.29, 1.82) is 0 Å². The topological polar surface area (TPSA) is 40.5 Å². The second-order valence-electron chi connectivity index (χ2n) is 3.45. The smallest absolute Gasteiger partial charge is 0.423 e. The first-order valence-corrected chi connectivity index (χ1v) is 5.28. The van der Waals surface area contributed by atoms with E-state index in [1.165, 1.54) is 0 Å². The van der Waals surface area contributed by atoms with E-state index in [4.69, 9.17) is 21.6 Å². The van der Waals surface area contributed by atoms with Gasteiger partial charge in [-0.1, -0.05) is 60.1 Å². The third-order valence-corrected chi connectivity index (χ3v) is 2.81. The Kier molecular flexibility index (Phi) is 3.29. The molecule has 2 rings (SSSR count). The highest BCUT2D eigenvalue weighted by molar-refractivity contribution is 6.63. The van der Waals surface area contributed by atoms with Gasteiger partial charge < -0.3 is 10.0 Å². The maximum absolute atomic E-state index is 9.15. The van der Waals surface area contributed by atoms with Gasteiger partial charge in [0.1, 0.15) is 0 Å². The van der Waals surface area contributed by atoms with Crippen LogP contribution in [0.15, 0.2) is 48.5 Å². The Morgan fingerprint density at radius 3 is 2.19 bits per heavy atom. The molecule has 0 atom stereocenters. The van der Waals surface area contributed by atoms with E-state index in [9.17, 15) is 0 Å². The summed E-state index contributed by atoms with van der Waals surface area (Å²) in [7, 11) is -1.55. The van der Waals surface area contributed by atoms with E-state index >= 15 is 0 Å². The van der Waals surface area contributed by atoms with Crippen molar-refractivity contribution < 1.29 is 10.0 Å². The van der Waals surface area contributed by atoms with Crippen molar-refractivity contribution in [2.24, 2.45) is 0 Å². The molecule has 2 aromatic rings. The Bertz CT molecular complexity index is 486. The average molecular weight is 232 g/mol. The molecule has 0 aliphatic rings. The van der Waals surface area contributed by atoms with E-state index in [0.717, 1.165) is 11.1 Å². The van der Waals surface area contributed by atoms with Gasteiger partial charge in [0.15, 0.2) is 0 Å². The van der Waals surface area contributed by atoms with Crippen LogP contribution >= 0.6 is 11.6 Å². The van der Waals surface area contributed by atoms with Gasteiger partial charge in [-0.2, -0.15) is 0 Å². The van der Waals surface area contributed by atoms with Gasteiger partial charge in [-0.15, -0.1) is 0 Å². The van der Waals surface area contributed by atoms with Gasteiger partial charge in [-0.25, -0.2) is 0 Å². The molecular weight excluding hydrogens is 222 g/mol. The van der Waals surface area contributed by atoms with Gasteiger partial charge in [-0.3, -0.25) is 0 Å². The van der Waals surface area contributed by atoms with Crippen LogP contribution in [-0.2, 0) is 0 Å². The van der Waals surface area contributed by atoms with E-state index in [1.54, 1.807) is 12.1 Å². The summed E-state index contributed by atoms with van der Waals surface area (Å²) in [5, 5.41) is 18.7. The molecule has 0 amide bonds. The Morgan fingerprint density at radius 1 is 0.875 bits per heavy atom. The second kappa shape index (κ2) is 4.70. The molecule has 0 saturated heterocycles. The second-order valence-corrected chi connectivity index (χ2v) is 3.83. The zero-order valence-electron chi connectivity index (χ0n) is 8.47. The lowest BCUT2D eigenvalue weighted by molar-refractivity contribution is 0.426. The van der Waals surface area contributed by atoms with Crippen LogP contribution in [0.5, 0.6) is 0 Å². The number of halogens is 1. The van der Waals surface area contributed by atoms with Crippen molar-refractivity contribution in [3.8, 4) is 11.1 Å². The predicted octanol–water partition coefficient (Wildman–Crippen LogP) is 1.69. The van der Waals surface area contributed by atoms with Crippen molar-refractivity contribution in [2.75, 3.05) is 0 Å². The minimum Gasteiger partial charge on any atom is -0.423 e. The maximum Gasteiger partial charge on any atom is 0.489 e. The molecule has 0 aliphatic carbocycles. The summed E-state index contributed by atoms with van der Waals surface area (Å²) in [5.74, 6) is 0. The van der Waals surface area contributed by atoms with E-state index in [1.807, 2.05) is 36.4 Å². The lowest BCUT2D eigenvalue weighted by Gasteiger charge is -2.08. The Labute approximate surface area is 99.3 Å². The number of hydrogen-bond acceptors (Lipinski definition) is 2. The molecule has 0 fully saturated rings. The first-order valence-electron chi connectivity index (χ1n) is 4.90. The fourth-order valence-electron chi connectivity index (χ4n) is 1.59. The van der Waals surface area contributed by atoms with E-state index in [2.05, 4.69) is 0 Å². The summed E-state index contributed by atoms with van der Waals surface area (Å²) in [5.41, 5.74) is 2.07. The van der Waals surface area contributed by atoms with Crippen molar-refractivity contribution >= 4 is 24.2 Å². The largest absolute Gasteiger partial charge is 0.489 e. The third kappa shape index (κ3) is 2.12. The minimum atomic E-state index is -1.55. The van der Waals surface area contributed by atoms with Crippen molar-refractivity contribution in [3.63, 3.8) is 0 Å². The standard InChI is InChI=1S/C12H10BClO2/c14-12-10(9-5-2-1-3-6-9)7-4-8-11(12)13(15)16/h1-8,15-16H. The highest BCUT2D eigenvalue weighted by Crippen LogP contribution is 2.25. The summed E-state index contributed by atoms with van der Waals surface area (Å²) < 4.78 is 0. The molecule has 0 spiro atoms. The van der Waals surface area contributed by atoms with Crippen LogP contribution in [0.25, 0.3) is 11.1 Å². The zero-order valence-corrected chi connectivity index (χ0v) is 9.22. The van der Waals surface area contributed by atoms with Gasteiger partial charge in [-0.05, 0) is 11.1 Å². The molecule has 4 heteroatoms.